The van der Waals surface area contributed by atoms with Crippen LogP contribution in [0.25, 0.3) is 122 Å². The van der Waals surface area contributed by atoms with Crippen LogP contribution in [-0.4, -0.2) is 15.0 Å². The molecule has 0 saturated carbocycles. The van der Waals surface area contributed by atoms with Crippen molar-refractivity contribution in [1.82, 2.24) is 15.0 Å². The van der Waals surface area contributed by atoms with E-state index >= 15 is 0 Å². The van der Waals surface area contributed by atoms with E-state index < -0.39 is 0 Å². The van der Waals surface area contributed by atoms with Crippen molar-refractivity contribution in [2.45, 2.75) is 0 Å². The second-order valence-corrected chi connectivity index (χ2v) is 16.7. The fraction of sp³-hybridized carbons (Fsp3) is 0. The van der Waals surface area contributed by atoms with Gasteiger partial charge in [-0.2, -0.15) is 0 Å². The lowest BCUT2D eigenvalue weighted by Gasteiger charge is -2.23. The van der Waals surface area contributed by atoms with Crippen LogP contribution in [-0.2, 0) is 0 Å². The molecule has 0 amide bonds. The van der Waals surface area contributed by atoms with Crippen LogP contribution in [0.3, 0.4) is 0 Å². The molecule has 3 heteroatoms. The molecule has 0 aliphatic carbocycles. The van der Waals surface area contributed by atoms with Gasteiger partial charge >= 0.3 is 0 Å². The molecule has 0 spiro atoms. The average Bonchev–Trinajstić information content (AvgIpc) is 3.41. The smallest absolute Gasteiger partial charge is 0.160 e. The lowest BCUT2D eigenvalue weighted by atomic mass is 9.83. The summed E-state index contributed by atoms with van der Waals surface area (Å²) in [6.07, 6.45) is 0. The van der Waals surface area contributed by atoms with Crippen LogP contribution < -0.4 is 0 Å². The molecule has 0 aliphatic heterocycles. The average molecular weight is 840 g/mol. The number of hydrogen-bond donors (Lipinski definition) is 0. The predicted octanol–water partition coefficient (Wildman–Crippen LogP) is 16.7. The van der Waals surface area contributed by atoms with Gasteiger partial charge in [0, 0.05) is 44.5 Å². The highest BCUT2D eigenvalue weighted by molar-refractivity contribution is 6.25. The second-order valence-electron chi connectivity index (χ2n) is 16.7. The molecular weight excluding hydrogens is 799 g/mol. The van der Waals surface area contributed by atoms with Crippen LogP contribution in [0.15, 0.2) is 249 Å². The van der Waals surface area contributed by atoms with Crippen LogP contribution in [0.4, 0.5) is 0 Å². The van der Waals surface area contributed by atoms with Gasteiger partial charge < -0.3 is 0 Å². The van der Waals surface area contributed by atoms with E-state index in [2.05, 4.69) is 243 Å². The number of aromatic nitrogens is 3. The van der Waals surface area contributed by atoms with Gasteiger partial charge in [0.2, 0.25) is 0 Å². The quantitative estimate of drug-likeness (QED) is 0.143. The van der Waals surface area contributed by atoms with E-state index in [9.17, 15) is 0 Å². The van der Waals surface area contributed by atoms with Gasteiger partial charge in [-0.15, -0.1) is 0 Å². The Hall–Kier alpha value is -8.79. The SMILES string of the molecule is c1ccc(-c2cc(-c3ccc4c5ccccc5c5ccccc5c4c3)nc(-c3cccc(-c4c(-c5ccccc5)c(-c5ccccc5)nc(-c5ccccc5)c4-c4ccccc4)c3)n2)cc1. The lowest BCUT2D eigenvalue weighted by molar-refractivity contribution is 1.18. The molecule has 10 aromatic carbocycles. The molecule has 0 fully saturated rings. The van der Waals surface area contributed by atoms with E-state index in [0.717, 1.165) is 84.0 Å². The Bertz CT molecular complexity index is 3580. The lowest BCUT2D eigenvalue weighted by Crippen LogP contribution is -2.02. The topological polar surface area (TPSA) is 38.7 Å². The molecule has 0 N–H and O–H groups in total. The van der Waals surface area contributed by atoms with Gasteiger partial charge in [-0.1, -0.05) is 231 Å². The number of hydrogen-bond acceptors (Lipinski definition) is 3. The van der Waals surface area contributed by atoms with Gasteiger partial charge in [0.15, 0.2) is 5.82 Å². The molecule has 2 aromatic heterocycles. The van der Waals surface area contributed by atoms with Gasteiger partial charge in [0.05, 0.1) is 22.8 Å². The van der Waals surface area contributed by atoms with E-state index in [4.69, 9.17) is 15.0 Å². The summed E-state index contributed by atoms with van der Waals surface area (Å²) in [7, 11) is 0. The molecule has 66 heavy (non-hydrogen) atoms. The minimum atomic E-state index is 0.653. The largest absolute Gasteiger partial charge is 0.246 e. The first kappa shape index (κ1) is 38.9. The van der Waals surface area contributed by atoms with Gasteiger partial charge in [0.1, 0.15) is 0 Å². The van der Waals surface area contributed by atoms with E-state index in [1.54, 1.807) is 0 Å². The zero-order valence-corrected chi connectivity index (χ0v) is 36.0. The fourth-order valence-electron chi connectivity index (χ4n) is 9.62. The Morgan fingerprint density at radius 3 is 1.08 bits per heavy atom. The normalized spacial score (nSPS) is 11.3. The van der Waals surface area contributed by atoms with Crippen molar-refractivity contribution >= 4 is 32.3 Å². The summed E-state index contributed by atoms with van der Waals surface area (Å²) in [5.41, 5.74) is 15.1. The van der Waals surface area contributed by atoms with Crippen molar-refractivity contribution in [3.8, 4) is 89.8 Å². The van der Waals surface area contributed by atoms with Crippen molar-refractivity contribution in [3.05, 3.63) is 249 Å². The van der Waals surface area contributed by atoms with Crippen molar-refractivity contribution in [2.75, 3.05) is 0 Å². The highest BCUT2D eigenvalue weighted by atomic mass is 14.9. The maximum absolute atomic E-state index is 5.66. The fourth-order valence-corrected chi connectivity index (χ4v) is 9.62. The van der Waals surface area contributed by atoms with Crippen LogP contribution in [0.2, 0.25) is 0 Å². The van der Waals surface area contributed by atoms with Crippen LogP contribution in [0.1, 0.15) is 0 Å². The summed E-state index contributed by atoms with van der Waals surface area (Å²) in [6, 6.07) is 88.1. The summed E-state index contributed by atoms with van der Waals surface area (Å²) < 4.78 is 0. The molecule has 3 nitrogen and oxygen atoms in total. The Kier molecular flexibility index (Phi) is 9.85. The first-order valence-corrected chi connectivity index (χ1v) is 22.4. The molecule has 12 rings (SSSR count). The Morgan fingerprint density at radius 1 is 0.197 bits per heavy atom. The standard InChI is InChI=1S/C63H41N3/c1-6-21-42(22-7-1)56-41-57(47-37-38-54-52-35-17-16-33-50(52)51-34-18-19-36-53(51)55(54)40-47)65-63(64-56)49-32-20-31-48(39-49)58-59(43-23-8-2-9-24-43)61(45-27-12-4-13-28-45)66-62(46-29-14-5-15-30-46)60(58)44-25-10-3-11-26-44/h1-41H. The highest BCUT2D eigenvalue weighted by Crippen LogP contribution is 2.49. The van der Waals surface area contributed by atoms with Crippen molar-refractivity contribution < 1.29 is 0 Å². The van der Waals surface area contributed by atoms with Crippen LogP contribution in [0, 0.1) is 0 Å². The molecule has 0 radical (unpaired) electrons. The van der Waals surface area contributed by atoms with Crippen LogP contribution >= 0.6 is 0 Å². The minimum Gasteiger partial charge on any atom is -0.246 e. The van der Waals surface area contributed by atoms with Crippen molar-refractivity contribution in [2.24, 2.45) is 0 Å². The summed E-state index contributed by atoms with van der Waals surface area (Å²) in [5.74, 6) is 0.653. The summed E-state index contributed by atoms with van der Waals surface area (Å²) >= 11 is 0. The molecule has 0 saturated heterocycles. The maximum Gasteiger partial charge on any atom is 0.160 e. The summed E-state index contributed by atoms with van der Waals surface area (Å²) in [5, 5.41) is 7.40. The predicted molar refractivity (Wildman–Crippen MR) is 276 cm³/mol. The zero-order chi connectivity index (χ0) is 43.8. The molecule has 2 heterocycles. The maximum atomic E-state index is 5.66. The Balaban J connectivity index is 1.12. The molecule has 0 unspecified atom stereocenters. The third-order valence-electron chi connectivity index (χ3n) is 12.7. The number of benzene rings is 10. The first-order chi connectivity index (χ1) is 32.7. The van der Waals surface area contributed by atoms with Crippen molar-refractivity contribution in [1.29, 1.82) is 0 Å². The van der Waals surface area contributed by atoms with E-state index in [-0.39, 0.29) is 0 Å². The van der Waals surface area contributed by atoms with Crippen LogP contribution in [0.5, 0.6) is 0 Å². The van der Waals surface area contributed by atoms with E-state index in [1.807, 2.05) is 6.07 Å². The minimum absolute atomic E-state index is 0.653. The van der Waals surface area contributed by atoms with E-state index in [0.29, 0.717) is 5.82 Å². The third-order valence-corrected chi connectivity index (χ3v) is 12.7. The monoisotopic (exact) mass is 839 g/mol. The molecule has 0 aliphatic rings. The molecule has 0 atom stereocenters. The van der Waals surface area contributed by atoms with E-state index in [1.165, 1.54) is 32.3 Å². The molecular formula is C63H41N3. The number of pyridine rings is 1. The first-order valence-electron chi connectivity index (χ1n) is 22.4. The second kappa shape index (κ2) is 16.7. The Labute approximate surface area is 384 Å². The molecule has 0 bridgehead atoms. The van der Waals surface area contributed by atoms with Gasteiger partial charge in [-0.3, -0.25) is 0 Å². The van der Waals surface area contributed by atoms with Crippen molar-refractivity contribution in [3.63, 3.8) is 0 Å². The van der Waals surface area contributed by atoms with Gasteiger partial charge in [0.25, 0.3) is 0 Å². The summed E-state index contributed by atoms with van der Waals surface area (Å²) in [4.78, 5) is 16.5. The molecule has 308 valence electrons. The number of fused-ring (bicyclic) bond motifs is 6. The Morgan fingerprint density at radius 2 is 0.576 bits per heavy atom. The summed E-state index contributed by atoms with van der Waals surface area (Å²) in [6.45, 7) is 0. The molecule has 12 aromatic rings. The zero-order valence-electron chi connectivity index (χ0n) is 36.0. The van der Waals surface area contributed by atoms with Gasteiger partial charge in [-0.25, -0.2) is 15.0 Å². The van der Waals surface area contributed by atoms with Gasteiger partial charge in [-0.05, 0) is 67.2 Å². The number of nitrogens with zero attached hydrogens (tertiary/aromatic N) is 3. The number of rotatable bonds is 8. The third kappa shape index (κ3) is 7.00. The highest BCUT2D eigenvalue weighted by Gasteiger charge is 2.26.